The molecule has 98 valence electrons. The van der Waals surface area contributed by atoms with Gasteiger partial charge in [-0.05, 0) is 58.5 Å². The first-order valence-electron chi connectivity index (χ1n) is 5.54. The van der Waals surface area contributed by atoms with Crippen molar-refractivity contribution in [1.29, 1.82) is 0 Å². The third-order valence-corrected chi connectivity index (χ3v) is 3.65. The number of benzene rings is 2. The molecular weight excluding hydrogens is 380 g/mol. The Morgan fingerprint density at radius 3 is 2.74 bits per heavy atom. The monoisotopic (exact) mass is 389 g/mol. The van der Waals surface area contributed by atoms with E-state index in [0.717, 1.165) is 5.56 Å². The van der Waals surface area contributed by atoms with Gasteiger partial charge in [-0.15, -0.1) is 0 Å². The van der Waals surface area contributed by atoms with Crippen LogP contribution in [0.1, 0.15) is 15.9 Å². The van der Waals surface area contributed by atoms with E-state index in [2.05, 4.69) is 5.32 Å². The highest BCUT2D eigenvalue weighted by molar-refractivity contribution is 14.1. The number of rotatable bonds is 3. The molecule has 2 aromatic rings. The van der Waals surface area contributed by atoms with Gasteiger partial charge in [0.05, 0.1) is 5.56 Å². The minimum atomic E-state index is -0.351. The molecule has 1 N–H and O–H groups in total. The Hall–Kier alpha value is -1.14. The number of nitrogens with one attached hydrogen (secondary N) is 1. The summed E-state index contributed by atoms with van der Waals surface area (Å²) in [7, 11) is 0. The largest absolute Gasteiger partial charge is 0.348 e. The summed E-state index contributed by atoms with van der Waals surface area (Å²) in [6.45, 7) is 0.382. The van der Waals surface area contributed by atoms with Crippen molar-refractivity contribution < 1.29 is 9.18 Å². The summed E-state index contributed by atoms with van der Waals surface area (Å²) in [5.41, 5.74) is 1.38. The van der Waals surface area contributed by atoms with Gasteiger partial charge >= 0.3 is 0 Å². The summed E-state index contributed by atoms with van der Waals surface area (Å²) in [5, 5.41) is 3.41. The Balaban J connectivity index is 2.05. The quantitative estimate of drug-likeness (QED) is 0.790. The van der Waals surface area contributed by atoms with Crippen LogP contribution in [0.15, 0.2) is 42.5 Å². The Morgan fingerprint density at radius 2 is 2.05 bits per heavy atom. The fraction of sp³-hybridized carbons (Fsp3) is 0.0714. The number of hydrogen-bond acceptors (Lipinski definition) is 1. The first-order chi connectivity index (χ1) is 9.06. The molecule has 19 heavy (non-hydrogen) atoms. The van der Waals surface area contributed by atoms with E-state index >= 15 is 0 Å². The van der Waals surface area contributed by atoms with Crippen LogP contribution in [0.3, 0.4) is 0 Å². The third-order valence-electron chi connectivity index (χ3n) is 2.52. The van der Waals surface area contributed by atoms with Crippen molar-refractivity contribution in [3.05, 3.63) is 68.0 Å². The molecule has 0 unspecified atom stereocenters. The molecule has 0 saturated heterocycles. The SMILES string of the molecule is O=C(NCc1cccc(Cl)c1)c1ccc(F)cc1I. The summed E-state index contributed by atoms with van der Waals surface area (Å²) in [4.78, 5) is 12.0. The Morgan fingerprint density at radius 1 is 1.26 bits per heavy atom. The van der Waals surface area contributed by atoms with Gasteiger partial charge < -0.3 is 5.32 Å². The molecule has 0 aliphatic rings. The maximum absolute atomic E-state index is 13.0. The van der Waals surface area contributed by atoms with Crippen molar-refractivity contribution in [1.82, 2.24) is 5.32 Å². The highest BCUT2D eigenvalue weighted by atomic mass is 127. The molecule has 5 heteroatoms. The normalized spacial score (nSPS) is 10.3. The number of halogens is 3. The van der Waals surface area contributed by atoms with Crippen LogP contribution in [-0.2, 0) is 6.54 Å². The van der Waals surface area contributed by atoms with Crippen LogP contribution in [0.5, 0.6) is 0 Å². The highest BCUT2D eigenvalue weighted by Crippen LogP contribution is 2.14. The van der Waals surface area contributed by atoms with Crippen molar-refractivity contribution in [3.8, 4) is 0 Å². The zero-order chi connectivity index (χ0) is 13.8. The molecule has 0 bridgehead atoms. The van der Waals surface area contributed by atoms with Crippen molar-refractivity contribution in [3.63, 3.8) is 0 Å². The maximum Gasteiger partial charge on any atom is 0.252 e. The smallest absolute Gasteiger partial charge is 0.252 e. The molecule has 2 nitrogen and oxygen atoms in total. The predicted molar refractivity (Wildman–Crippen MR) is 81.7 cm³/mol. The second-order valence-electron chi connectivity index (χ2n) is 3.94. The Labute approximate surface area is 129 Å². The first kappa shape index (κ1) is 14.3. The van der Waals surface area contributed by atoms with Gasteiger partial charge in [0, 0.05) is 15.1 Å². The van der Waals surface area contributed by atoms with Gasteiger partial charge in [-0.1, -0.05) is 23.7 Å². The van der Waals surface area contributed by atoms with Crippen molar-refractivity contribution in [2.75, 3.05) is 0 Å². The first-order valence-corrected chi connectivity index (χ1v) is 6.99. The molecular formula is C14H10ClFINO. The highest BCUT2D eigenvalue weighted by Gasteiger charge is 2.10. The Bertz CT molecular complexity index is 618. The predicted octanol–water partition coefficient (Wildman–Crippen LogP) is 4.01. The minimum Gasteiger partial charge on any atom is -0.348 e. The standard InChI is InChI=1S/C14H10ClFINO/c15-10-3-1-2-9(6-10)8-18-14(19)12-5-4-11(16)7-13(12)17/h1-7H,8H2,(H,18,19). The zero-order valence-electron chi connectivity index (χ0n) is 9.79. The summed E-state index contributed by atoms with van der Waals surface area (Å²) in [5.74, 6) is -0.583. The van der Waals surface area contributed by atoms with E-state index in [4.69, 9.17) is 11.6 Å². The van der Waals surface area contributed by atoms with Gasteiger partial charge in [0.2, 0.25) is 0 Å². The number of carbonyl (C=O) groups excluding carboxylic acids is 1. The van der Waals surface area contributed by atoms with Crippen LogP contribution in [0.4, 0.5) is 4.39 Å². The number of carbonyl (C=O) groups is 1. The lowest BCUT2D eigenvalue weighted by atomic mass is 10.2. The van der Waals surface area contributed by atoms with Crippen LogP contribution < -0.4 is 5.32 Å². The molecule has 0 fully saturated rings. The van der Waals surface area contributed by atoms with Gasteiger partial charge in [0.1, 0.15) is 5.82 Å². The lowest BCUT2D eigenvalue weighted by molar-refractivity contribution is 0.0950. The van der Waals surface area contributed by atoms with Crippen molar-refractivity contribution >= 4 is 40.1 Å². The topological polar surface area (TPSA) is 29.1 Å². The molecule has 2 rings (SSSR count). The molecule has 0 atom stereocenters. The second-order valence-corrected chi connectivity index (χ2v) is 5.54. The summed E-state index contributed by atoms with van der Waals surface area (Å²) >= 11 is 7.80. The van der Waals surface area contributed by atoms with Crippen molar-refractivity contribution in [2.45, 2.75) is 6.54 Å². The summed E-state index contributed by atoms with van der Waals surface area (Å²) in [6.07, 6.45) is 0. The molecule has 0 heterocycles. The summed E-state index contributed by atoms with van der Waals surface area (Å²) in [6, 6.07) is 11.3. The summed E-state index contributed by atoms with van der Waals surface area (Å²) < 4.78 is 13.5. The average molecular weight is 390 g/mol. The lowest BCUT2D eigenvalue weighted by Gasteiger charge is -2.07. The van der Waals surface area contributed by atoms with E-state index in [0.29, 0.717) is 20.7 Å². The van der Waals surface area contributed by atoms with E-state index in [9.17, 15) is 9.18 Å². The second kappa shape index (κ2) is 6.34. The fourth-order valence-corrected chi connectivity index (χ4v) is 2.53. The van der Waals surface area contributed by atoms with E-state index < -0.39 is 0 Å². The van der Waals surface area contributed by atoms with Crippen molar-refractivity contribution in [2.24, 2.45) is 0 Å². The molecule has 0 radical (unpaired) electrons. The fourth-order valence-electron chi connectivity index (χ4n) is 1.60. The van der Waals surface area contributed by atoms with E-state index in [1.165, 1.54) is 18.2 Å². The van der Waals surface area contributed by atoms with Gasteiger partial charge in [-0.2, -0.15) is 0 Å². The zero-order valence-corrected chi connectivity index (χ0v) is 12.7. The molecule has 0 aliphatic heterocycles. The van der Waals surface area contributed by atoms with E-state index in [-0.39, 0.29) is 11.7 Å². The minimum absolute atomic E-state index is 0.232. The molecule has 0 spiro atoms. The van der Waals surface area contributed by atoms with Gasteiger partial charge in [0.15, 0.2) is 0 Å². The maximum atomic E-state index is 13.0. The van der Waals surface area contributed by atoms with Crippen LogP contribution in [0.25, 0.3) is 0 Å². The third kappa shape index (κ3) is 3.91. The van der Waals surface area contributed by atoms with Crippen LogP contribution in [0, 0.1) is 9.39 Å². The molecule has 1 amide bonds. The lowest BCUT2D eigenvalue weighted by Crippen LogP contribution is -2.23. The van der Waals surface area contributed by atoms with Crippen LogP contribution in [-0.4, -0.2) is 5.91 Å². The van der Waals surface area contributed by atoms with Crippen LogP contribution >= 0.6 is 34.2 Å². The number of amides is 1. The Kier molecular flexibility index (Phi) is 4.76. The molecule has 0 aliphatic carbocycles. The number of hydrogen-bond donors (Lipinski definition) is 1. The van der Waals surface area contributed by atoms with Gasteiger partial charge in [-0.3, -0.25) is 4.79 Å². The molecule has 0 saturated carbocycles. The van der Waals surface area contributed by atoms with E-state index in [1.54, 1.807) is 12.1 Å². The van der Waals surface area contributed by atoms with E-state index in [1.807, 2.05) is 34.7 Å². The molecule has 2 aromatic carbocycles. The molecule has 0 aromatic heterocycles. The van der Waals surface area contributed by atoms with Gasteiger partial charge in [0.25, 0.3) is 5.91 Å². The van der Waals surface area contributed by atoms with Gasteiger partial charge in [-0.25, -0.2) is 4.39 Å². The van der Waals surface area contributed by atoms with Crippen LogP contribution in [0.2, 0.25) is 5.02 Å². The average Bonchev–Trinajstić information content (AvgIpc) is 2.36.